The normalized spacial score (nSPS) is 25.1. The SMILES string of the molecule is CCCC/C(Br)=C1/C(=O)OCC1CBr. The monoisotopic (exact) mass is 324 g/mol. The third-order valence-corrected chi connectivity index (χ3v) is 3.88. The van der Waals surface area contributed by atoms with Gasteiger partial charge in [0.15, 0.2) is 0 Å². The molecular weight excluding hydrogens is 312 g/mol. The predicted octanol–water partition coefficient (Wildman–Crippen LogP) is 3.39. The van der Waals surface area contributed by atoms with Crippen molar-refractivity contribution in [1.82, 2.24) is 0 Å². The number of carbonyl (C=O) groups is 1. The minimum absolute atomic E-state index is 0.155. The number of hydrogen-bond donors (Lipinski definition) is 0. The Balaban J connectivity index is 2.74. The van der Waals surface area contributed by atoms with Crippen molar-refractivity contribution in [2.75, 3.05) is 11.9 Å². The maximum atomic E-state index is 11.4. The lowest BCUT2D eigenvalue weighted by Crippen LogP contribution is -2.06. The van der Waals surface area contributed by atoms with E-state index < -0.39 is 0 Å². The Kier molecular flexibility index (Phi) is 5.17. The molecule has 0 radical (unpaired) electrons. The lowest BCUT2D eigenvalue weighted by molar-refractivity contribution is -0.135. The molecular formula is C10H14Br2O2. The highest BCUT2D eigenvalue weighted by atomic mass is 79.9. The molecule has 0 saturated carbocycles. The van der Waals surface area contributed by atoms with Gasteiger partial charge in [-0.2, -0.15) is 0 Å². The van der Waals surface area contributed by atoms with Crippen molar-refractivity contribution in [3.63, 3.8) is 0 Å². The molecule has 1 atom stereocenters. The first-order valence-electron chi connectivity index (χ1n) is 4.82. The molecule has 0 N–H and O–H groups in total. The summed E-state index contributed by atoms with van der Waals surface area (Å²) in [5.74, 6) is 0.0613. The summed E-state index contributed by atoms with van der Waals surface area (Å²) in [5, 5.41) is 0.787. The van der Waals surface area contributed by atoms with E-state index in [1.807, 2.05) is 0 Å². The fourth-order valence-electron chi connectivity index (χ4n) is 1.42. The highest BCUT2D eigenvalue weighted by molar-refractivity contribution is 9.11. The number of allylic oxidation sites excluding steroid dienone is 1. The molecule has 14 heavy (non-hydrogen) atoms. The third kappa shape index (κ3) is 2.83. The second kappa shape index (κ2) is 5.91. The van der Waals surface area contributed by atoms with Crippen LogP contribution in [0.3, 0.4) is 0 Å². The van der Waals surface area contributed by atoms with Gasteiger partial charge in [-0.15, -0.1) is 0 Å². The van der Waals surface area contributed by atoms with E-state index in [0.29, 0.717) is 6.61 Å². The van der Waals surface area contributed by atoms with Gasteiger partial charge >= 0.3 is 5.97 Å². The second-order valence-corrected chi connectivity index (χ2v) is 4.98. The van der Waals surface area contributed by atoms with Crippen LogP contribution in [0.4, 0.5) is 0 Å². The van der Waals surface area contributed by atoms with E-state index >= 15 is 0 Å². The van der Waals surface area contributed by atoms with Gasteiger partial charge in [-0.05, 0) is 12.8 Å². The van der Waals surface area contributed by atoms with E-state index in [1.165, 1.54) is 0 Å². The van der Waals surface area contributed by atoms with Crippen LogP contribution in [0.1, 0.15) is 26.2 Å². The summed E-state index contributed by atoms with van der Waals surface area (Å²) < 4.78 is 6.03. The molecule has 0 aliphatic carbocycles. The molecule has 0 spiro atoms. The van der Waals surface area contributed by atoms with Crippen molar-refractivity contribution in [3.05, 3.63) is 10.1 Å². The number of unbranched alkanes of at least 4 members (excludes halogenated alkanes) is 1. The van der Waals surface area contributed by atoms with Crippen molar-refractivity contribution >= 4 is 37.8 Å². The number of alkyl halides is 1. The molecule has 0 aromatic rings. The molecule has 0 aromatic heterocycles. The molecule has 4 heteroatoms. The predicted molar refractivity (Wildman–Crippen MR) is 63.7 cm³/mol. The van der Waals surface area contributed by atoms with Crippen LogP contribution in [-0.2, 0) is 9.53 Å². The fourth-order valence-corrected chi connectivity index (χ4v) is 2.70. The topological polar surface area (TPSA) is 26.3 Å². The minimum Gasteiger partial charge on any atom is -0.462 e. The number of rotatable bonds is 4. The summed E-state index contributed by atoms with van der Waals surface area (Å²) in [6.07, 6.45) is 3.17. The first-order chi connectivity index (χ1) is 6.70. The van der Waals surface area contributed by atoms with E-state index in [1.54, 1.807) is 0 Å². The number of cyclic esters (lactones) is 1. The van der Waals surface area contributed by atoms with Gasteiger partial charge in [0.2, 0.25) is 0 Å². The lowest BCUT2D eigenvalue weighted by Gasteiger charge is -2.06. The van der Waals surface area contributed by atoms with Crippen molar-refractivity contribution in [2.45, 2.75) is 26.2 Å². The molecule has 1 rings (SSSR count). The molecule has 1 unspecified atom stereocenters. The van der Waals surface area contributed by atoms with Crippen molar-refractivity contribution in [3.8, 4) is 0 Å². The molecule has 0 bridgehead atoms. The van der Waals surface area contributed by atoms with Crippen LogP contribution in [0.2, 0.25) is 0 Å². The highest BCUT2D eigenvalue weighted by Crippen LogP contribution is 2.31. The Morgan fingerprint density at radius 1 is 1.64 bits per heavy atom. The van der Waals surface area contributed by atoms with Gasteiger partial charge in [-0.25, -0.2) is 4.79 Å². The van der Waals surface area contributed by atoms with Crippen LogP contribution >= 0.6 is 31.9 Å². The lowest BCUT2D eigenvalue weighted by atomic mass is 10.0. The molecule has 1 heterocycles. The van der Waals surface area contributed by atoms with Gasteiger partial charge < -0.3 is 4.74 Å². The standard InChI is InChI=1S/C10H14Br2O2/c1-2-3-4-8(12)9-7(5-11)6-14-10(9)13/h7H,2-6H2,1H3/b9-8-. The molecule has 0 aromatic carbocycles. The summed E-state index contributed by atoms with van der Waals surface area (Å²) in [7, 11) is 0. The fraction of sp³-hybridized carbons (Fsp3) is 0.700. The summed E-state index contributed by atoms with van der Waals surface area (Å²) >= 11 is 6.88. The maximum absolute atomic E-state index is 11.4. The average Bonchev–Trinajstić information content (AvgIpc) is 2.56. The van der Waals surface area contributed by atoms with Gasteiger partial charge in [0.25, 0.3) is 0 Å². The smallest absolute Gasteiger partial charge is 0.335 e. The van der Waals surface area contributed by atoms with Gasteiger partial charge in [0, 0.05) is 15.7 Å². The molecule has 1 saturated heterocycles. The number of esters is 1. The molecule has 0 amide bonds. The van der Waals surface area contributed by atoms with Crippen LogP contribution in [0.5, 0.6) is 0 Å². The van der Waals surface area contributed by atoms with E-state index in [4.69, 9.17) is 4.74 Å². The summed E-state index contributed by atoms with van der Waals surface area (Å²) in [5.41, 5.74) is 0.829. The zero-order valence-corrected chi connectivity index (χ0v) is 11.4. The van der Waals surface area contributed by atoms with Crippen LogP contribution in [-0.4, -0.2) is 17.9 Å². The van der Waals surface area contributed by atoms with Crippen molar-refractivity contribution in [1.29, 1.82) is 0 Å². The third-order valence-electron chi connectivity index (χ3n) is 2.27. The maximum Gasteiger partial charge on any atom is 0.335 e. The molecule has 1 fully saturated rings. The molecule has 1 aliphatic rings. The minimum atomic E-state index is -0.155. The Bertz CT molecular complexity index is 249. The van der Waals surface area contributed by atoms with E-state index in [0.717, 1.165) is 34.6 Å². The largest absolute Gasteiger partial charge is 0.462 e. The van der Waals surface area contributed by atoms with E-state index in [9.17, 15) is 4.79 Å². The van der Waals surface area contributed by atoms with Crippen LogP contribution in [0, 0.1) is 5.92 Å². The van der Waals surface area contributed by atoms with Crippen molar-refractivity contribution in [2.24, 2.45) is 5.92 Å². The van der Waals surface area contributed by atoms with Gasteiger partial charge in [0.05, 0.1) is 12.2 Å². The second-order valence-electron chi connectivity index (χ2n) is 3.37. The van der Waals surface area contributed by atoms with E-state index in [2.05, 4.69) is 38.8 Å². The first-order valence-corrected chi connectivity index (χ1v) is 6.73. The average molecular weight is 326 g/mol. The van der Waals surface area contributed by atoms with Gasteiger partial charge in [0.1, 0.15) is 0 Å². The zero-order valence-electron chi connectivity index (χ0n) is 8.19. The van der Waals surface area contributed by atoms with Crippen LogP contribution in [0.25, 0.3) is 0 Å². The number of ether oxygens (including phenoxy) is 1. The Hall–Kier alpha value is 0.170. The number of halogens is 2. The number of hydrogen-bond acceptors (Lipinski definition) is 2. The molecule has 2 nitrogen and oxygen atoms in total. The number of carbonyl (C=O) groups excluding carboxylic acids is 1. The molecule has 80 valence electrons. The summed E-state index contributed by atoms with van der Waals surface area (Å²) in [6, 6.07) is 0. The highest BCUT2D eigenvalue weighted by Gasteiger charge is 2.31. The van der Waals surface area contributed by atoms with Gasteiger partial charge in [-0.1, -0.05) is 45.2 Å². The van der Waals surface area contributed by atoms with Crippen molar-refractivity contribution < 1.29 is 9.53 Å². The first kappa shape index (κ1) is 12.2. The van der Waals surface area contributed by atoms with Crippen LogP contribution < -0.4 is 0 Å². The zero-order chi connectivity index (χ0) is 10.6. The molecule has 1 aliphatic heterocycles. The van der Waals surface area contributed by atoms with Crippen LogP contribution in [0.15, 0.2) is 10.1 Å². The van der Waals surface area contributed by atoms with E-state index in [-0.39, 0.29) is 11.9 Å². The Morgan fingerprint density at radius 2 is 2.36 bits per heavy atom. The summed E-state index contributed by atoms with van der Waals surface area (Å²) in [4.78, 5) is 11.4. The Morgan fingerprint density at radius 3 is 2.93 bits per heavy atom. The summed E-state index contributed by atoms with van der Waals surface area (Å²) in [6.45, 7) is 2.65. The Labute approximate surface area is 101 Å². The quantitative estimate of drug-likeness (QED) is 0.450. The van der Waals surface area contributed by atoms with Gasteiger partial charge in [-0.3, -0.25) is 0 Å².